The van der Waals surface area contributed by atoms with Gasteiger partial charge in [-0.05, 0) is 31.0 Å². The predicted octanol–water partition coefficient (Wildman–Crippen LogP) is 3.20. The normalized spacial score (nSPS) is 26.1. The first kappa shape index (κ1) is 13.2. The zero-order valence-corrected chi connectivity index (χ0v) is 11.4. The molecule has 2 atom stereocenters. The number of β-amino-alcohol motifs (C(OH)–C–C–N with tert-alkyl or cyclic N) is 1. The predicted molar refractivity (Wildman–Crippen MR) is 71.5 cm³/mol. The summed E-state index contributed by atoms with van der Waals surface area (Å²) in [5, 5.41) is 11.3. The summed E-state index contributed by atoms with van der Waals surface area (Å²) in [6.45, 7) is 4.48. The SMILES string of the molecule is CC1CCN(Cc2c(Cl)cccc2Cl)CC1O. The van der Waals surface area contributed by atoms with Crippen molar-refractivity contribution in [1.82, 2.24) is 4.90 Å². The van der Waals surface area contributed by atoms with E-state index in [9.17, 15) is 5.11 Å². The van der Waals surface area contributed by atoms with Crippen molar-refractivity contribution in [1.29, 1.82) is 0 Å². The summed E-state index contributed by atoms with van der Waals surface area (Å²) in [4.78, 5) is 2.21. The Balaban J connectivity index is 2.06. The topological polar surface area (TPSA) is 23.5 Å². The minimum absolute atomic E-state index is 0.245. The van der Waals surface area contributed by atoms with Crippen LogP contribution >= 0.6 is 23.2 Å². The first-order chi connectivity index (χ1) is 8.08. The average molecular weight is 274 g/mol. The van der Waals surface area contributed by atoms with Crippen LogP contribution in [0.5, 0.6) is 0 Å². The van der Waals surface area contributed by atoms with Crippen LogP contribution in [0, 0.1) is 5.92 Å². The van der Waals surface area contributed by atoms with E-state index in [2.05, 4.69) is 11.8 Å². The highest BCUT2D eigenvalue weighted by Crippen LogP contribution is 2.27. The number of benzene rings is 1. The van der Waals surface area contributed by atoms with Crippen LogP contribution in [0.2, 0.25) is 10.0 Å². The molecule has 2 nitrogen and oxygen atoms in total. The summed E-state index contributed by atoms with van der Waals surface area (Å²) in [5.74, 6) is 0.382. The van der Waals surface area contributed by atoms with Gasteiger partial charge in [0.15, 0.2) is 0 Å². The highest BCUT2D eigenvalue weighted by Gasteiger charge is 2.24. The highest BCUT2D eigenvalue weighted by molar-refractivity contribution is 6.35. The van der Waals surface area contributed by atoms with Gasteiger partial charge < -0.3 is 5.11 Å². The molecule has 1 aromatic rings. The second kappa shape index (κ2) is 5.57. The lowest BCUT2D eigenvalue weighted by Crippen LogP contribution is -2.42. The third-order valence-corrected chi connectivity index (χ3v) is 4.15. The molecule has 2 unspecified atom stereocenters. The van der Waals surface area contributed by atoms with Gasteiger partial charge in [0.05, 0.1) is 6.10 Å². The zero-order valence-electron chi connectivity index (χ0n) is 9.87. The largest absolute Gasteiger partial charge is 0.392 e. The van der Waals surface area contributed by atoms with Gasteiger partial charge in [0, 0.05) is 28.7 Å². The number of likely N-dealkylation sites (tertiary alicyclic amines) is 1. The van der Waals surface area contributed by atoms with Crippen molar-refractivity contribution in [2.24, 2.45) is 5.92 Å². The van der Waals surface area contributed by atoms with E-state index in [1.807, 2.05) is 18.2 Å². The van der Waals surface area contributed by atoms with E-state index >= 15 is 0 Å². The molecule has 1 aliphatic rings. The summed E-state index contributed by atoms with van der Waals surface area (Å²) in [6.07, 6.45) is 0.772. The smallest absolute Gasteiger partial charge is 0.0693 e. The first-order valence-corrected chi connectivity index (χ1v) is 6.67. The third-order valence-electron chi connectivity index (χ3n) is 3.45. The molecule has 1 aromatic carbocycles. The van der Waals surface area contributed by atoms with Crippen LogP contribution in [0.25, 0.3) is 0 Å². The molecule has 0 aromatic heterocycles. The van der Waals surface area contributed by atoms with Gasteiger partial charge in [0.2, 0.25) is 0 Å². The molecule has 1 N–H and O–H groups in total. The lowest BCUT2D eigenvalue weighted by Gasteiger charge is -2.34. The van der Waals surface area contributed by atoms with Crippen molar-refractivity contribution in [3.05, 3.63) is 33.8 Å². The molecule has 94 valence electrons. The third kappa shape index (κ3) is 3.14. The second-order valence-corrected chi connectivity index (χ2v) is 5.58. The van der Waals surface area contributed by atoms with Crippen LogP contribution in [0.15, 0.2) is 18.2 Å². The van der Waals surface area contributed by atoms with E-state index in [1.165, 1.54) is 0 Å². The van der Waals surface area contributed by atoms with Crippen molar-refractivity contribution in [2.75, 3.05) is 13.1 Å². The number of aliphatic hydroxyl groups is 1. The van der Waals surface area contributed by atoms with Crippen LogP contribution < -0.4 is 0 Å². The van der Waals surface area contributed by atoms with Gasteiger partial charge in [-0.25, -0.2) is 0 Å². The maximum Gasteiger partial charge on any atom is 0.0693 e. The van der Waals surface area contributed by atoms with E-state index in [4.69, 9.17) is 23.2 Å². The minimum Gasteiger partial charge on any atom is -0.392 e. The number of aliphatic hydroxyl groups excluding tert-OH is 1. The summed E-state index contributed by atoms with van der Waals surface area (Å²) >= 11 is 12.3. The van der Waals surface area contributed by atoms with Crippen molar-refractivity contribution < 1.29 is 5.11 Å². The number of hydrogen-bond donors (Lipinski definition) is 1. The average Bonchev–Trinajstić information content (AvgIpc) is 2.28. The Morgan fingerprint density at radius 1 is 1.35 bits per heavy atom. The fraction of sp³-hybridized carbons (Fsp3) is 0.538. The molecule has 0 aliphatic carbocycles. The van der Waals surface area contributed by atoms with Gasteiger partial charge in [-0.2, -0.15) is 0 Å². The van der Waals surface area contributed by atoms with Crippen LogP contribution in [-0.2, 0) is 6.54 Å². The Hall–Kier alpha value is -0.280. The Morgan fingerprint density at radius 2 is 2.00 bits per heavy atom. The molecule has 17 heavy (non-hydrogen) atoms. The minimum atomic E-state index is -0.245. The van der Waals surface area contributed by atoms with Crippen LogP contribution in [-0.4, -0.2) is 29.2 Å². The molecule has 0 amide bonds. The molecular weight excluding hydrogens is 257 g/mol. The van der Waals surface area contributed by atoms with E-state index in [0.29, 0.717) is 29.1 Å². The zero-order chi connectivity index (χ0) is 12.4. The molecule has 0 spiro atoms. The highest BCUT2D eigenvalue weighted by atomic mass is 35.5. The summed E-state index contributed by atoms with van der Waals surface area (Å²) in [5.41, 5.74) is 0.956. The molecule has 4 heteroatoms. The van der Waals surface area contributed by atoms with Gasteiger partial charge in [-0.15, -0.1) is 0 Å². The number of hydrogen-bond acceptors (Lipinski definition) is 2. The maximum atomic E-state index is 9.86. The Labute approximate surface area is 112 Å². The molecular formula is C13H17Cl2NO. The van der Waals surface area contributed by atoms with E-state index in [0.717, 1.165) is 18.5 Å². The van der Waals surface area contributed by atoms with Crippen molar-refractivity contribution in [3.63, 3.8) is 0 Å². The van der Waals surface area contributed by atoms with Crippen LogP contribution in [0.4, 0.5) is 0 Å². The standard InChI is InChI=1S/C13H17Cl2NO/c1-9-5-6-16(8-13(9)17)7-10-11(14)3-2-4-12(10)15/h2-4,9,13,17H,5-8H2,1H3. The van der Waals surface area contributed by atoms with Crippen molar-refractivity contribution in [3.8, 4) is 0 Å². The second-order valence-electron chi connectivity index (χ2n) is 4.77. The van der Waals surface area contributed by atoms with Gasteiger partial charge in [0.25, 0.3) is 0 Å². The van der Waals surface area contributed by atoms with Gasteiger partial charge in [0.1, 0.15) is 0 Å². The summed E-state index contributed by atoms with van der Waals surface area (Å²) in [6, 6.07) is 5.55. The molecule has 1 heterocycles. The monoisotopic (exact) mass is 273 g/mol. The van der Waals surface area contributed by atoms with Gasteiger partial charge in [-0.1, -0.05) is 36.2 Å². The number of piperidine rings is 1. The van der Waals surface area contributed by atoms with E-state index in [-0.39, 0.29) is 6.10 Å². The van der Waals surface area contributed by atoms with Crippen molar-refractivity contribution in [2.45, 2.75) is 26.0 Å². The fourth-order valence-electron chi connectivity index (χ4n) is 2.16. The molecule has 0 radical (unpaired) electrons. The lowest BCUT2D eigenvalue weighted by molar-refractivity contribution is 0.0259. The fourth-order valence-corrected chi connectivity index (χ4v) is 2.68. The molecule has 1 aliphatic heterocycles. The quantitative estimate of drug-likeness (QED) is 0.895. The lowest BCUT2D eigenvalue weighted by atomic mass is 9.96. The molecule has 1 fully saturated rings. The Bertz CT molecular complexity index is 377. The molecule has 2 rings (SSSR count). The van der Waals surface area contributed by atoms with E-state index in [1.54, 1.807) is 0 Å². The molecule has 1 saturated heterocycles. The van der Waals surface area contributed by atoms with Gasteiger partial charge in [-0.3, -0.25) is 4.90 Å². The first-order valence-electron chi connectivity index (χ1n) is 5.91. The molecule has 0 bridgehead atoms. The number of rotatable bonds is 2. The summed E-state index contributed by atoms with van der Waals surface area (Å²) < 4.78 is 0. The Morgan fingerprint density at radius 3 is 2.59 bits per heavy atom. The van der Waals surface area contributed by atoms with E-state index < -0.39 is 0 Å². The van der Waals surface area contributed by atoms with Crippen molar-refractivity contribution >= 4 is 23.2 Å². The van der Waals surface area contributed by atoms with Gasteiger partial charge >= 0.3 is 0 Å². The molecule has 0 saturated carbocycles. The van der Waals surface area contributed by atoms with Crippen LogP contribution in [0.3, 0.4) is 0 Å². The number of nitrogens with zero attached hydrogens (tertiary/aromatic N) is 1. The Kier molecular flexibility index (Phi) is 4.31. The maximum absolute atomic E-state index is 9.86. The number of halogens is 2. The summed E-state index contributed by atoms with van der Waals surface area (Å²) in [7, 11) is 0. The van der Waals surface area contributed by atoms with Crippen LogP contribution in [0.1, 0.15) is 18.9 Å².